The summed E-state index contributed by atoms with van der Waals surface area (Å²) in [4.78, 5) is 42.7. The Labute approximate surface area is 149 Å². The van der Waals surface area contributed by atoms with Crippen LogP contribution in [0.5, 0.6) is 0 Å². The van der Waals surface area contributed by atoms with E-state index in [-0.39, 0.29) is 18.8 Å². The number of aromatic nitrogens is 2. The second kappa shape index (κ2) is 6.95. The van der Waals surface area contributed by atoms with Gasteiger partial charge in [0.05, 0.1) is 18.6 Å². The van der Waals surface area contributed by atoms with Crippen LogP contribution in [0, 0.1) is 13.8 Å². The van der Waals surface area contributed by atoms with Crippen LogP contribution in [0.3, 0.4) is 0 Å². The van der Waals surface area contributed by atoms with Crippen molar-refractivity contribution in [2.45, 2.75) is 47.1 Å². The lowest BCUT2D eigenvalue weighted by molar-refractivity contribution is -0.152. The van der Waals surface area contributed by atoms with Gasteiger partial charge in [0.2, 0.25) is 0 Å². The highest BCUT2D eigenvalue weighted by molar-refractivity contribution is 7.20. The van der Waals surface area contributed by atoms with Gasteiger partial charge in [0.25, 0.3) is 5.56 Å². The maximum atomic E-state index is 13.1. The van der Waals surface area contributed by atoms with Crippen molar-refractivity contribution in [1.29, 1.82) is 0 Å². The van der Waals surface area contributed by atoms with Gasteiger partial charge in [0, 0.05) is 0 Å². The Kier molecular flexibility index (Phi) is 5.31. The monoisotopic (exact) mass is 366 g/mol. The van der Waals surface area contributed by atoms with Crippen molar-refractivity contribution in [3.05, 3.63) is 26.6 Å². The summed E-state index contributed by atoms with van der Waals surface area (Å²) < 4.78 is 11.4. The summed E-state index contributed by atoms with van der Waals surface area (Å²) in [5.74, 6) is -0.608. The lowest BCUT2D eigenvalue weighted by Gasteiger charge is -2.26. The van der Waals surface area contributed by atoms with Crippen molar-refractivity contribution in [3.8, 4) is 0 Å². The molecule has 2 aromatic rings. The molecule has 2 heterocycles. The van der Waals surface area contributed by atoms with Crippen molar-refractivity contribution in [3.63, 3.8) is 0 Å². The third-order valence-corrected chi connectivity index (χ3v) is 5.09. The third-order valence-electron chi connectivity index (χ3n) is 3.93. The number of esters is 2. The van der Waals surface area contributed by atoms with Crippen LogP contribution in [0.15, 0.2) is 4.79 Å². The zero-order valence-electron chi connectivity index (χ0n) is 15.3. The molecule has 2 rings (SSSR count). The molecule has 0 N–H and O–H groups in total. The standard InChI is InChI=1S/C17H22N2O5S/c1-7-23-15(21)12-9(3)11-13(25-12)18-10(4)19(14(11)20)17(5,6)16(22)24-8-2/h7-8H2,1-6H3. The number of aryl methyl sites for hydroxylation is 2. The first kappa shape index (κ1) is 19.1. The summed E-state index contributed by atoms with van der Waals surface area (Å²) in [6.45, 7) is 10.5. The zero-order valence-corrected chi connectivity index (χ0v) is 16.1. The van der Waals surface area contributed by atoms with Crippen molar-refractivity contribution < 1.29 is 19.1 Å². The summed E-state index contributed by atoms with van der Waals surface area (Å²) in [7, 11) is 0. The van der Waals surface area contributed by atoms with Crippen LogP contribution >= 0.6 is 11.3 Å². The summed E-state index contributed by atoms with van der Waals surface area (Å²) in [6.07, 6.45) is 0. The molecule has 0 saturated heterocycles. The molecule has 25 heavy (non-hydrogen) atoms. The van der Waals surface area contributed by atoms with Crippen LogP contribution < -0.4 is 5.56 Å². The van der Waals surface area contributed by atoms with E-state index in [1.807, 2.05) is 0 Å². The van der Waals surface area contributed by atoms with Gasteiger partial charge in [-0.15, -0.1) is 11.3 Å². The van der Waals surface area contributed by atoms with E-state index in [0.717, 1.165) is 11.3 Å². The fraction of sp³-hybridized carbons (Fsp3) is 0.529. The van der Waals surface area contributed by atoms with Gasteiger partial charge < -0.3 is 9.47 Å². The van der Waals surface area contributed by atoms with Gasteiger partial charge in [-0.2, -0.15) is 0 Å². The Balaban J connectivity index is 2.73. The minimum atomic E-state index is -1.21. The molecule has 0 aliphatic heterocycles. The molecule has 0 saturated carbocycles. The largest absolute Gasteiger partial charge is 0.464 e. The Morgan fingerprint density at radius 2 is 1.76 bits per heavy atom. The highest BCUT2D eigenvalue weighted by atomic mass is 32.1. The summed E-state index contributed by atoms with van der Waals surface area (Å²) >= 11 is 1.12. The Hall–Kier alpha value is -2.22. The quantitative estimate of drug-likeness (QED) is 0.756. The first-order chi connectivity index (χ1) is 11.7. The number of hydrogen-bond acceptors (Lipinski definition) is 7. The first-order valence-corrected chi connectivity index (χ1v) is 8.85. The molecule has 0 spiro atoms. The molecule has 0 radical (unpaired) electrons. The second-order valence-corrected chi connectivity index (χ2v) is 7.03. The number of thiophene rings is 1. The lowest BCUT2D eigenvalue weighted by atomic mass is 10.0. The number of ether oxygens (including phenoxy) is 2. The number of rotatable bonds is 5. The van der Waals surface area contributed by atoms with Gasteiger partial charge in [0.1, 0.15) is 21.1 Å². The van der Waals surface area contributed by atoms with E-state index < -0.39 is 17.5 Å². The topological polar surface area (TPSA) is 87.5 Å². The predicted octanol–water partition coefficient (Wildman–Crippen LogP) is 2.55. The van der Waals surface area contributed by atoms with Crippen molar-refractivity contribution in [2.24, 2.45) is 0 Å². The third kappa shape index (κ3) is 3.18. The van der Waals surface area contributed by atoms with E-state index in [2.05, 4.69) is 4.98 Å². The van der Waals surface area contributed by atoms with Crippen LogP contribution in [0.2, 0.25) is 0 Å². The number of carbonyl (C=O) groups excluding carboxylic acids is 2. The van der Waals surface area contributed by atoms with Crippen LogP contribution in [0.4, 0.5) is 0 Å². The molecule has 0 aliphatic rings. The van der Waals surface area contributed by atoms with Gasteiger partial charge >= 0.3 is 11.9 Å². The molecule has 0 atom stereocenters. The average Bonchev–Trinajstić information content (AvgIpc) is 2.84. The lowest BCUT2D eigenvalue weighted by Crippen LogP contribution is -2.45. The van der Waals surface area contributed by atoms with E-state index in [1.54, 1.807) is 41.5 Å². The molecule has 0 aliphatic carbocycles. The van der Waals surface area contributed by atoms with Crippen LogP contribution in [-0.2, 0) is 19.8 Å². The van der Waals surface area contributed by atoms with Gasteiger partial charge in [-0.05, 0) is 47.1 Å². The summed E-state index contributed by atoms with van der Waals surface area (Å²) in [5, 5.41) is 0.330. The van der Waals surface area contributed by atoms with Crippen LogP contribution in [0.25, 0.3) is 10.2 Å². The van der Waals surface area contributed by atoms with Crippen LogP contribution in [0.1, 0.15) is 48.8 Å². The molecule has 7 nitrogen and oxygen atoms in total. The molecule has 0 bridgehead atoms. The molecule has 0 amide bonds. The molecular weight excluding hydrogens is 344 g/mol. The minimum Gasteiger partial charge on any atom is -0.464 e. The van der Waals surface area contributed by atoms with Gasteiger partial charge in [-0.1, -0.05) is 0 Å². The molecule has 0 fully saturated rings. The summed E-state index contributed by atoms with van der Waals surface area (Å²) in [5.41, 5.74) is -1.06. The fourth-order valence-corrected chi connectivity index (χ4v) is 3.84. The van der Waals surface area contributed by atoms with Gasteiger partial charge in [-0.25, -0.2) is 14.6 Å². The van der Waals surface area contributed by atoms with E-state index in [9.17, 15) is 14.4 Å². The molecular formula is C17H22N2O5S. The van der Waals surface area contributed by atoms with Crippen molar-refractivity contribution in [2.75, 3.05) is 13.2 Å². The summed E-state index contributed by atoms with van der Waals surface area (Å²) in [6, 6.07) is 0. The number of hydrogen-bond donors (Lipinski definition) is 0. The Morgan fingerprint density at radius 3 is 2.32 bits per heavy atom. The number of nitrogens with zero attached hydrogens (tertiary/aromatic N) is 2. The van der Waals surface area contributed by atoms with Crippen molar-refractivity contribution in [1.82, 2.24) is 9.55 Å². The molecule has 0 aromatic carbocycles. The molecule has 0 unspecified atom stereocenters. The van der Waals surface area contributed by atoms with Crippen molar-refractivity contribution >= 4 is 33.5 Å². The maximum Gasteiger partial charge on any atom is 0.348 e. The van der Waals surface area contributed by atoms with E-state index in [4.69, 9.17) is 9.47 Å². The average molecular weight is 366 g/mol. The maximum absolute atomic E-state index is 13.1. The number of carbonyl (C=O) groups is 2. The van der Waals surface area contributed by atoms with E-state index in [0.29, 0.717) is 26.5 Å². The normalized spacial score (nSPS) is 11.6. The van der Waals surface area contributed by atoms with E-state index >= 15 is 0 Å². The zero-order chi connectivity index (χ0) is 18.9. The molecule has 8 heteroatoms. The van der Waals surface area contributed by atoms with E-state index in [1.165, 1.54) is 4.57 Å². The Morgan fingerprint density at radius 1 is 1.16 bits per heavy atom. The predicted molar refractivity (Wildman–Crippen MR) is 95.3 cm³/mol. The minimum absolute atomic E-state index is 0.218. The smallest absolute Gasteiger partial charge is 0.348 e. The second-order valence-electron chi connectivity index (χ2n) is 6.04. The molecule has 2 aromatic heterocycles. The highest BCUT2D eigenvalue weighted by Gasteiger charge is 2.35. The molecule has 136 valence electrons. The number of fused-ring (bicyclic) bond motifs is 1. The fourth-order valence-electron chi connectivity index (χ4n) is 2.73. The SMILES string of the molecule is CCOC(=O)c1sc2nc(C)n(C(C)(C)C(=O)OCC)c(=O)c2c1C. The van der Waals surface area contributed by atoms with Gasteiger partial charge in [-0.3, -0.25) is 9.36 Å². The van der Waals surface area contributed by atoms with Crippen LogP contribution in [-0.4, -0.2) is 34.7 Å². The highest BCUT2D eigenvalue weighted by Crippen LogP contribution is 2.29. The first-order valence-electron chi connectivity index (χ1n) is 8.04. The Bertz CT molecular complexity index is 895. The van der Waals surface area contributed by atoms with Gasteiger partial charge in [0.15, 0.2) is 0 Å².